The van der Waals surface area contributed by atoms with Gasteiger partial charge >= 0.3 is 0 Å². The third kappa shape index (κ3) is 3.94. The predicted octanol–water partition coefficient (Wildman–Crippen LogP) is 4.62. The van der Waals surface area contributed by atoms with Crippen LogP contribution in [0.3, 0.4) is 0 Å². The number of benzene rings is 2. The van der Waals surface area contributed by atoms with Crippen molar-refractivity contribution in [1.29, 1.82) is 0 Å². The van der Waals surface area contributed by atoms with Gasteiger partial charge in [0.15, 0.2) is 16.8 Å². The van der Waals surface area contributed by atoms with Crippen molar-refractivity contribution in [3.05, 3.63) is 76.9 Å². The van der Waals surface area contributed by atoms with Crippen molar-refractivity contribution in [3.63, 3.8) is 0 Å². The number of nitrogens with zero attached hydrogens (tertiary/aromatic N) is 3. The van der Waals surface area contributed by atoms with E-state index in [9.17, 15) is 8.78 Å². The summed E-state index contributed by atoms with van der Waals surface area (Å²) in [6.07, 6.45) is 0.944. The molecule has 2 heterocycles. The Kier molecular flexibility index (Phi) is 5.43. The van der Waals surface area contributed by atoms with Crippen molar-refractivity contribution in [2.24, 2.45) is 0 Å². The highest BCUT2D eigenvalue weighted by atomic mass is 32.2. The van der Waals surface area contributed by atoms with Crippen molar-refractivity contribution in [1.82, 2.24) is 9.97 Å². The van der Waals surface area contributed by atoms with Crippen LogP contribution in [0, 0.1) is 11.6 Å². The van der Waals surface area contributed by atoms with Crippen LogP contribution in [0.4, 0.5) is 14.6 Å². The maximum atomic E-state index is 13.9. The second-order valence-corrected chi connectivity index (χ2v) is 7.44. The molecular weight excluding hydrogens is 380 g/mol. The SMILES string of the molecule is COc1cc(N2CCc3ccccc3C2)nc(SCc2cccc(F)c2F)n1. The lowest BCUT2D eigenvalue weighted by Gasteiger charge is -2.30. The first kappa shape index (κ1) is 18.7. The molecule has 7 heteroatoms. The molecule has 0 fully saturated rings. The van der Waals surface area contributed by atoms with E-state index in [1.54, 1.807) is 19.2 Å². The van der Waals surface area contributed by atoms with Crippen LogP contribution in [0.2, 0.25) is 0 Å². The molecule has 144 valence electrons. The molecule has 1 aliphatic heterocycles. The monoisotopic (exact) mass is 399 g/mol. The van der Waals surface area contributed by atoms with Crippen LogP contribution < -0.4 is 9.64 Å². The van der Waals surface area contributed by atoms with Gasteiger partial charge in [0.1, 0.15) is 5.82 Å². The molecule has 1 aliphatic rings. The summed E-state index contributed by atoms with van der Waals surface area (Å²) in [6.45, 7) is 1.61. The van der Waals surface area contributed by atoms with Crippen LogP contribution in [-0.2, 0) is 18.7 Å². The number of ether oxygens (including phenoxy) is 1. The molecule has 0 saturated carbocycles. The lowest BCUT2D eigenvalue weighted by Crippen LogP contribution is -2.31. The highest BCUT2D eigenvalue weighted by Crippen LogP contribution is 2.29. The number of halogens is 2. The van der Waals surface area contributed by atoms with E-state index in [4.69, 9.17) is 4.74 Å². The summed E-state index contributed by atoms with van der Waals surface area (Å²) >= 11 is 1.25. The zero-order valence-electron chi connectivity index (χ0n) is 15.4. The number of rotatable bonds is 5. The fourth-order valence-electron chi connectivity index (χ4n) is 3.22. The van der Waals surface area contributed by atoms with E-state index in [1.807, 2.05) is 6.07 Å². The molecule has 0 radical (unpaired) electrons. The fraction of sp³-hybridized carbons (Fsp3) is 0.238. The molecule has 2 aromatic carbocycles. The Labute approximate surface area is 166 Å². The van der Waals surface area contributed by atoms with Gasteiger partial charge < -0.3 is 9.64 Å². The zero-order valence-corrected chi connectivity index (χ0v) is 16.2. The number of thioether (sulfide) groups is 1. The summed E-state index contributed by atoms with van der Waals surface area (Å²) in [7, 11) is 1.55. The van der Waals surface area contributed by atoms with Crippen LogP contribution >= 0.6 is 11.8 Å². The number of fused-ring (bicyclic) bond motifs is 1. The quantitative estimate of drug-likeness (QED) is 0.462. The minimum Gasteiger partial charge on any atom is -0.481 e. The van der Waals surface area contributed by atoms with E-state index < -0.39 is 11.6 Å². The molecular formula is C21H19F2N3OS. The highest BCUT2D eigenvalue weighted by molar-refractivity contribution is 7.98. The Morgan fingerprint density at radius 2 is 1.89 bits per heavy atom. The summed E-state index contributed by atoms with van der Waals surface area (Å²) in [5.74, 6) is -0.225. The number of anilines is 1. The van der Waals surface area contributed by atoms with Crippen LogP contribution in [-0.4, -0.2) is 23.6 Å². The lowest BCUT2D eigenvalue weighted by atomic mass is 10.00. The minimum atomic E-state index is -0.850. The Balaban J connectivity index is 1.56. The number of hydrogen-bond donors (Lipinski definition) is 0. The lowest BCUT2D eigenvalue weighted by molar-refractivity contribution is 0.392. The van der Waals surface area contributed by atoms with Crippen LogP contribution in [0.15, 0.2) is 53.7 Å². The van der Waals surface area contributed by atoms with Crippen molar-refractivity contribution < 1.29 is 13.5 Å². The zero-order chi connectivity index (χ0) is 19.5. The van der Waals surface area contributed by atoms with Gasteiger partial charge in [0.2, 0.25) is 5.88 Å². The van der Waals surface area contributed by atoms with Crippen molar-refractivity contribution >= 4 is 17.6 Å². The number of methoxy groups -OCH3 is 1. The Bertz CT molecular complexity index is 999. The Morgan fingerprint density at radius 3 is 2.71 bits per heavy atom. The smallest absolute Gasteiger partial charge is 0.219 e. The highest BCUT2D eigenvalue weighted by Gasteiger charge is 2.19. The predicted molar refractivity (Wildman–Crippen MR) is 106 cm³/mol. The van der Waals surface area contributed by atoms with E-state index in [1.165, 1.54) is 29.0 Å². The van der Waals surface area contributed by atoms with Crippen LogP contribution in [0.1, 0.15) is 16.7 Å². The average molecular weight is 399 g/mol. The van der Waals surface area contributed by atoms with E-state index >= 15 is 0 Å². The maximum Gasteiger partial charge on any atom is 0.219 e. The van der Waals surface area contributed by atoms with Crippen molar-refractivity contribution in [3.8, 4) is 5.88 Å². The summed E-state index contributed by atoms with van der Waals surface area (Å²) in [5.41, 5.74) is 2.92. The van der Waals surface area contributed by atoms with Gasteiger partial charge in [0.25, 0.3) is 0 Å². The first-order valence-corrected chi connectivity index (χ1v) is 9.93. The van der Waals surface area contributed by atoms with Gasteiger partial charge in [-0.3, -0.25) is 0 Å². The van der Waals surface area contributed by atoms with Gasteiger partial charge in [-0.1, -0.05) is 48.2 Å². The molecule has 28 heavy (non-hydrogen) atoms. The average Bonchev–Trinajstić information content (AvgIpc) is 2.74. The molecule has 1 aromatic heterocycles. The molecule has 0 saturated heterocycles. The summed E-state index contributed by atoms with van der Waals surface area (Å²) in [4.78, 5) is 11.2. The molecule has 0 spiro atoms. The number of hydrogen-bond acceptors (Lipinski definition) is 5. The standard InChI is InChI=1S/C21H19F2N3OS/c1-27-19-11-18(26-10-9-14-5-2-3-6-15(14)12-26)24-21(25-19)28-13-16-7-4-8-17(22)20(16)23/h2-8,11H,9-10,12-13H2,1H3. The summed E-state index contributed by atoms with van der Waals surface area (Å²) in [6, 6.07) is 14.4. The van der Waals surface area contributed by atoms with Gasteiger partial charge in [0, 0.05) is 30.5 Å². The molecule has 4 nitrogen and oxygen atoms in total. The molecule has 0 amide bonds. The van der Waals surface area contributed by atoms with Crippen LogP contribution in [0.5, 0.6) is 5.88 Å². The van der Waals surface area contributed by atoms with Gasteiger partial charge in [-0.15, -0.1) is 0 Å². The second kappa shape index (κ2) is 8.14. The topological polar surface area (TPSA) is 38.2 Å². The van der Waals surface area contributed by atoms with Crippen molar-refractivity contribution in [2.45, 2.75) is 23.9 Å². The first-order chi connectivity index (χ1) is 13.6. The van der Waals surface area contributed by atoms with E-state index in [2.05, 4.69) is 33.1 Å². The van der Waals surface area contributed by atoms with Gasteiger partial charge in [-0.2, -0.15) is 4.98 Å². The maximum absolute atomic E-state index is 13.9. The normalized spacial score (nSPS) is 13.3. The second-order valence-electron chi connectivity index (χ2n) is 6.49. The molecule has 0 atom stereocenters. The summed E-state index contributed by atoms with van der Waals surface area (Å²) in [5, 5.41) is 0.469. The third-order valence-electron chi connectivity index (χ3n) is 4.72. The largest absolute Gasteiger partial charge is 0.481 e. The molecule has 0 N–H and O–H groups in total. The Hall–Kier alpha value is -2.67. The third-order valence-corrected chi connectivity index (χ3v) is 5.62. The fourth-order valence-corrected chi connectivity index (χ4v) is 4.04. The van der Waals surface area contributed by atoms with E-state index in [-0.39, 0.29) is 11.3 Å². The van der Waals surface area contributed by atoms with Crippen molar-refractivity contribution in [2.75, 3.05) is 18.6 Å². The Morgan fingerprint density at radius 1 is 1.07 bits per heavy atom. The molecule has 0 bridgehead atoms. The van der Waals surface area contributed by atoms with E-state index in [0.717, 1.165) is 31.4 Å². The van der Waals surface area contributed by atoms with Gasteiger partial charge in [-0.05, 0) is 23.6 Å². The van der Waals surface area contributed by atoms with Crippen LogP contribution in [0.25, 0.3) is 0 Å². The molecule has 4 rings (SSSR count). The summed E-state index contributed by atoms with van der Waals surface area (Å²) < 4.78 is 32.6. The molecule has 0 unspecified atom stereocenters. The van der Waals surface area contributed by atoms with E-state index in [0.29, 0.717) is 11.0 Å². The number of aromatic nitrogens is 2. The molecule has 3 aromatic rings. The van der Waals surface area contributed by atoms with Gasteiger partial charge in [0.05, 0.1) is 7.11 Å². The minimum absolute atomic E-state index is 0.235. The first-order valence-electron chi connectivity index (χ1n) is 8.94. The van der Waals surface area contributed by atoms with Gasteiger partial charge in [-0.25, -0.2) is 13.8 Å². The molecule has 0 aliphatic carbocycles.